The van der Waals surface area contributed by atoms with Gasteiger partial charge in [0.25, 0.3) is 0 Å². The SMILES string of the molecule is CCCCNC(CCC)OO. The second-order valence-electron chi connectivity index (χ2n) is 2.69. The van der Waals surface area contributed by atoms with Gasteiger partial charge in [0.15, 0.2) is 0 Å². The summed E-state index contributed by atoms with van der Waals surface area (Å²) in [6, 6.07) is 0. The maximum Gasteiger partial charge on any atom is 0.143 e. The molecule has 0 fully saturated rings. The van der Waals surface area contributed by atoms with Gasteiger partial charge in [0.1, 0.15) is 6.23 Å². The van der Waals surface area contributed by atoms with Crippen molar-refractivity contribution in [3.05, 3.63) is 0 Å². The van der Waals surface area contributed by atoms with Crippen LogP contribution in [0.4, 0.5) is 0 Å². The largest absolute Gasteiger partial charge is 0.289 e. The summed E-state index contributed by atoms with van der Waals surface area (Å²) < 4.78 is 0. The van der Waals surface area contributed by atoms with Crippen molar-refractivity contribution in [1.82, 2.24) is 5.32 Å². The van der Waals surface area contributed by atoms with Gasteiger partial charge in [-0.15, -0.1) is 0 Å². The molecule has 2 N–H and O–H groups in total. The van der Waals surface area contributed by atoms with Crippen molar-refractivity contribution in [2.75, 3.05) is 6.54 Å². The summed E-state index contributed by atoms with van der Waals surface area (Å²) in [6.45, 7) is 5.12. The topological polar surface area (TPSA) is 41.5 Å². The lowest BCUT2D eigenvalue weighted by Gasteiger charge is -2.13. The minimum Gasteiger partial charge on any atom is -0.289 e. The molecule has 0 amide bonds. The maximum atomic E-state index is 8.39. The van der Waals surface area contributed by atoms with Gasteiger partial charge in [-0.25, -0.2) is 4.89 Å². The summed E-state index contributed by atoms with van der Waals surface area (Å²) in [6.07, 6.45) is 4.00. The van der Waals surface area contributed by atoms with E-state index in [0.717, 1.165) is 32.2 Å². The van der Waals surface area contributed by atoms with Crippen molar-refractivity contribution >= 4 is 0 Å². The minimum absolute atomic E-state index is 0.174. The van der Waals surface area contributed by atoms with Crippen LogP contribution in [0.15, 0.2) is 0 Å². The quantitative estimate of drug-likeness (QED) is 0.260. The predicted molar refractivity (Wildman–Crippen MR) is 45.3 cm³/mol. The lowest BCUT2D eigenvalue weighted by atomic mass is 10.3. The molecule has 1 unspecified atom stereocenters. The normalized spacial score (nSPS) is 13.4. The van der Waals surface area contributed by atoms with Gasteiger partial charge < -0.3 is 0 Å². The van der Waals surface area contributed by atoms with Crippen LogP contribution in [0.3, 0.4) is 0 Å². The standard InChI is InChI=1S/C8H19NO2/c1-3-5-7-9-8(11-10)6-4-2/h8-10H,3-7H2,1-2H3. The molecule has 0 saturated carbocycles. The van der Waals surface area contributed by atoms with Crippen LogP contribution in [0.2, 0.25) is 0 Å². The highest BCUT2D eigenvalue weighted by Gasteiger charge is 2.04. The highest BCUT2D eigenvalue weighted by molar-refractivity contribution is 4.52. The van der Waals surface area contributed by atoms with Crippen LogP contribution in [0.1, 0.15) is 39.5 Å². The average molecular weight is 161 g/mol. The minimum atomic E-state index is -0.174. The second kappa shape index (κ2) is 7.98. The van der Waals surface area contributed by atoms with E-state index in [0.29, 0.717) is 0 Å². The number of hydrogen-bond donors (Lipinski definition) is 2. The van der Waals surface area contributed by atoms with Crippen molar-refractivity contribution in [1.29, 1.82) is 0 Å². The van der Waals surface area contributed by atoms with Crippen LogP contribution in [0, 0.1) is 0 Å². The van der Waals surface area contributed by atoms with Gasteiger partial charge in [-0.2, -0.15) is 0 Å². The van der Waals surface area contributed by atoms with E-state index in [1.54, 1.807) is 0 Å². The van der Waals surface area contributed by atoms with E-state index in [1.807, 2.05) is 0 Å². The fraction of sp³-hybridized carbons (Fsp3) is 1.00. The Balaban J connectivity index is 3.20. The molecule has 3 heteroatoms. The van der Waals surface area contributed by atoms with Crippen LogP contribution in [0.5, 0.6) is 0 Å². The molecule has 0 spiro atoms. The van der Waals surface area contributed by atoms with Gasteiger partial charge in [-0.3, -0.25) is 10.6 Å². The van der Waals surface area contributed by atoms with Crippen LogP contribution in [0.25, 0.3) is 0 Å². The van der Waals surface area contributed by atoms with Crippen LogP contribution in [-0.2, 0) is 4.89 Å². The zero-order chi connectivity index (χ0) is 8.53. The number of rotatable bonds is 7. The molecule has 0 aromatic heterocycles. The summed E-state index contributed by atoms with van der Waals surface area (Å²) in [5, 5.41) is 11.5. The molecule has 0 aliphatic heterocycles. The van der Waals surface area contributed by atoms with E-state index in [2.05, 4.69) is 24.1 Å². The summed E-state index contributed by atoms with van der Waals surface area (Å²) in [5.74, 6) is 0. The van der Waals surface area contributed by atoms with Crippen molar-refractivity contribution in [2.24, 2.45) is 0 Å². The molecule has 0 rings (SSSR count). The van der Waals surface area contributed by atoms with Crippen LogP contribution in [-0.4, -0.2) is 18.0 Å². The van der Waals surface area contributed by atoms with Gasteiger partial charge in [-0.05, 0) is 19.4 Å². The molecule has 0 aromatic carbocycles. The van der Waals surface area contributed by atoms with Gasteiger partial charge in [0.05, 0.1) is 0 Å². The first-order chi connectivity index (χ1) is 5.35. The molecular weight excluding hydrogens is 142 g/mol. The third kappa shape index (κ3) is 6.28. The van der Waals surface area contributed by atoms with Crippen LogP contribution >= 0.6 is 0 Å². The highest BCUT2D eigenvalue weighted by Crippen LogP contribution is 1.96. The van der Waals surface area contributed by atoms with Crippen LogP contribution < -0.4 is 5.32 Å². The molecule has 11 heavy (non-hydrogen) atoms. The molecule has 0 bridgehead atoms. The molecule has 0 aromatic rings. The van der Waals surface area contributed by atoms with Crippen molar-refractivity contribution in [3.8, 4) is 0 Å². The van der Waals surface area contributed by atoms with E-state index in [4.69, 9.17) is 5.26 Å². The molecule has 0 heterocycles. The number of unbranched alkanes of at least 4 members (excludes halogenated alkanes) is 1. The fourth-order valence-electron chi connectivity index (χ4n) is 0.894. The zero-order valence-corrected chi connectivity index (χ0v) is 7.47. The first-order valence-electron chi connectivity index (χ1n) is 4.38. The third-order valence-corrected chi connectivity index (χ3v) is 1.58. The number of hydrogen-bond acceptors (Lipinski definition) is 3. The summed E-state index contributed by atoms with van der Waals surface area (Å²) >= 11 is 0. The lowest BCUT2D eigenvalue weighted by Crippen LogP contribution is -2.31. The average Bonchev–Trinajstić information content (AvgIpc) is 2.03. The Labute approximate surface area is 68.7 Å². The molecule has 0 radical (unpaired) electrons. The van der Waals surface area contributed by atoms with Gasteiger partial charge in [0.2, 0.25) is 0 Å². The van der Waals surface area contributed by atoms with Crippen molar-refractivity contribution < 1.29 is 10.1 Å². The monoisotopic (exact) mass is 161 g/mol. The van der Waals surface area contributed by atoms with Gasteiger partial charge in [-0.1, -0.05) is 26.7 Å². The molecule has 68 valence electrons. The molecular formula is C8H19NO2. The predicted octanol–water partition coefficient (Wildman–Crippen LogP) is 1.99. The molecule has 0 aliphatic rings. The Morgan fingerprint density at radius 1 is 1.36 bits per heavy atom. The molecule has 3 nitrogen and oxygen atoms in total. The van der Waals surface area contributed by atoms with E-state index < -0.39 is 0 Å². The van der Waals surface area contributed by atoms with E-state index in [-0.39, 0.29) is 6.23 Å². The summed E-state index contributed by atoms with van der Waals surface area (Å²) in [4.78, 5) is 4.23. The summed E-state index contributed by atoms with van der Waals surface area (Å²) in [5.41, 5.74) is 0. The smallest absolute Gasteiger partial charge is 0.143 e. The number of nitrogens with one attached hydrogen (secondary N) is 1. The van der Waals surface area contributed by atoms with E-state index in [9.17, 15) is 0 Å². The highest BCUT2D eigenvalue weighted by atomic mass is 17.1. The lowest BCUT2D eigenvalue weighted by molar-refractivity contribution is -0.287. The Bertz CT molecular complexity index is 78.5. The first-order valence-corrected chi connectivity index (χ1v) is 4.38. The molecule has 0 aliphatic carbocycles. The fourth-order valence-corrected chi connectivity index (χ4v) is 0.894. The van der Waals surface area contributed by atoms with Crippen molar-refractivity contribution in [3.63, 3.8) is 0 Å². The maximum absolute atomic E-state index is 8.39. The Hall–Kier alpha value is -0.120. The molecule has 0 saturated heterocycles. The van der Waals surface area contributed by atoms with E-state index >= 15 is 0 Å². The Kier molecular flexibility index (Phi) is 7.89. The van der Waals surface area contributed by atoms with Gasteiger partial charge >= 0.3 is 0 Å². The first kappa shape index (κ1) is 10.9. The van der Waals surface area contributed by atoms with E-state index in [1.165, 1.54) is 0 Å². The van der Waals surface area contributed by atoms with Gasteiger partial charge in [0, 0.05) is 0 Å². The zero-order valence-electron chi connectivity index (χ0n) is 7.47. The Morgan fingerprint density at radius 2 is 2.09 bits per heavy atom. The van der Waals surface area contributed by atoms with Crippen molar-refractivity contribution in [2.45, 2.75) is 45.8 Å². The Morgan fingerprint density at radius 3 is 2.55 bits per heavy atom. The summed E-state index contributed by atoms with van der Waals surface area (Å²) in [7, 11) is 0. The second-order valence-corrected chi connectivity index (χ2v) is 2.69. The third-order valence-electron chi connectivity index (χ3n) is 1.58. The molecule has 1 atom stereocenters.